The minimum atomic E-state index is -5.02. The summed E-state index contributed by atoms with van der Waals surface area (Å²) in [7, 11) is 0. The van der Waals surface area contributed by atoms with Crippen LogP contribution in [0.3, 0.4) is 0 Å². The van der Waals surface area contributed by atoms with Crippen LogP contribution in [-0.2, 0) is 32.2 Å². The van der Waals surface area contributed by atoms with E-state index >= 15 is 0 Å². The van der Waals surface area contributed by atoms with Crippen LogP contribution in [-0.4, -0.2) is 69.9 Å². The molecule has 0 unspecified atom stereocenters. The zero-order valence-corrected chi connectivity index (χ0v) is 26.8. The minimum absolute atomic E-state index is 0.0235. The van der Waals surface area contributed by atoms with E-state index in [-0.39, 0.29) is 50.8 Å². The number of thioether (sulfide) groups is 1. The summed E-state index contributed by atoms with van der Waals surface area (Å²) < 4.78 is 52.1. The number of aliphatic hydroxyl groups is 2. The highest BCUT2D eigenvalue weighted by Crippen LogP contribution is 2.43. The van der Waals surface area contributed by atoms with Crippen molar-refractivity contribution in [1.82, 2.24) is 10.2 Å². The summed E-state index contributed by atoms with van der Waals surface area (Å²) in [5.74, 6) is -1.29. The van der Waals surface area contributed by atoms with Gasteiger partial charge in [-0.2, -0.15) is 24.9 Å². The van der Waals surface area contributed by atoms with Crippen LogP contribution in [0.15, 0.2) is 72.8 Å². The number of aliphatic hydroxyl groups excluding tert-OH is 2. The van der Waals surface area contributed by atoms with Gasteiger partial charge in [0.25, 0.3) is 0 Å². The van der Waals surface area contributed by atoms with Crippen LogP contribution in [0.2, 0.25) is 0 Å². The molecule has 3 N–H and O–H groups in total. The second-order valence-electron chi connectivity index (χ2n) is 11.8. The van der Waals surface area contributed by atoms with Crippen molar-refractivity contribution in [2.75, 3.05) is 24.7 Å². The van der Waals surface area contributed by atoms with Crippen molar-refractivity contribution in [2.45, 2.75) is 63.6 Å². The van der Waals surface area contributed by atoms with Gasteiger partial charge in [0.05, 0.1) is 25.4 Å². The third-order valence-electron chi connectivity index (χ3n) is 8.59. The number of halogens is 3. The number of carbonyl (C=O) groups excluding carboxylic acids is 2. The number of nitrogens with zero attached hydrogens (tertiary/aromatic N) is 1. The summed E-state index contributed by atoms with van der Waals surface area (Å²) in [6.07, 6.45) is -5.59. The fraction of sp³-hybridized carbons (Fsp3) is 0.429. The number of benzene rings is 3. The summed E-state index contributed by atoms with van der Waals surface area (Å²) >= 11 is 1.62. The summed E-state index contributed by atoms with van der Waals surface area (Å²) in [4.78, 5) is 25.2. The van der Waals surface area contributed by atoms with Gasteiger partial charge in [-0.1, -0.05) is 67.6 Å². The Hall–Kier alpha value is -3.42. The number of nitrogens with one attached hydrogen (secondary N) is 1. The molecule has 0 aliphatic carbocycles. The summed E-state index contributed by atoms with van der Waals surface area (Å²) in [6, 6.07) is 21.8. The first-order chi connectivity index (χ1) is 22.6. The number of rotatable bonds is 11. The highest BCUT2D eigenvalue weighted by atomic mass is 32.2. The van der Waals surface area contributed by atoms with Gasteiger partial charge in [0.1, 0.15) is 6.04 Å². The Bertz CT molecular complexity index is 1520. The lowest BCUT2D eigenvalue weighted by atomic mass is 9.91. The highest BCUT2D eigenvalue weighted by molar-refractivity contribution is 7.99. The van der Waals surface area contributed by atoms with Crippen molar-refractivity contribution in [3.8, 4) is 11.1 Å². The second kappa shape index (κ2) is 15.7. The fourth-order valence-electron chi connectivity index (χ4n) is 6.05. The van der Waals surface area contributed by atoms with E-state index < -0.39 is 30.3 Å². The van der Waals surface area contributed by atoms with Crippen LogP contribution in [0.5, 0.6) is 0 Å². The smallest absolute Gasteiger partial charge is 0.396 e. The molecule has 12 heteroatoms. The van der Waals surface area contributed by atoms with Crippen LogP contribution in [0.1, 0.15) is 54.4 Å². The lowest BCUT2D eigenvalue weighted by molar-refractivity contribution is -0.268. The molecule has 47 heavy (non-hydrogen) atoms. The van der Waals surface area contributed by atoms with E-state index in [1.54, 1.807) is 11.8 Å². The van der Waals surface area contributed by atoms with Crippen molar-refractivity contribution in [3.63, 3.8) is 0 Å². The van der Waals surface area contributed by atoms with Gasteiger partial charge in [-0.25, -0.2) is 0 Å². The molecule has 252 valence electrons. The number of likely N-dealkylation sites (tertiary alicyclic amines) is 1. The molecule has 3 aromatic rings. The van der Waals surface area contributed by atoms with Gasteiger partial charge in [-0.3, -0.25) is 9.59 Å². The predicted molar refractivity (Wildman–Crippen MR) is 172 cm³/mol. The van der Waals surface area contributed by atoms with Gasteiger partial charge in [-0.15, -0.1) is 0 Å². The molecule has 8 nitrogen and oxygen atoms in total. The Kier molecular flexibility index (Phi) is 11.6. The van der Waals surface area contributed by atoms with Gasteiger partial charge >= 0.3 is 12.1 Å². The summed E-state index contributed by atoms with van der Waals surface area (Å²) in [5.41, 5.74) is 5.11. The van der Waals surface area contributed by atoms with E-state index in [0.29, 0.717) is 22.8 Å². The van der Waals surface area contributed by atoms with Gasteiger partial charge < -0.3 is 29.9 Å². The predicted octanol–water partition coefficient (Wildman–Crippen LogP) is 5.53. The molecule has 0 aromatic heterocycles. The molecule has 5 rings (SSSR count). The van der Waals surface area contributed by atoms with Crippen LogP contribution in [0, 0.1) is 5.92 Å². The standard InChI is InChI=1S/C35H39F3N2O6S/c1-22-30(21-47-16-15-41)45-33(46-31(22)25-12-10-23(20-42)11-13-25)28-8-3-7-27(18-28)26-6-2-5-24(17-26)19-39-32(43)29-9-4-14-40(29)34(44)35(36,37)38/h2-3,5-8,10-13,17-18,22,29-31,33,41-42H,4,9,14-16,19-21H2,1H3,(H,39,43)/t22-,29+,30+,31+,33+/m1/s1. The van der Waals surface area contributed by atoms with E-state index in [1.165, 1.54) is 0 Å². The molecule has 0 spiro atoms. The van der Waals surface area contributed by atoms with Gasteiger partial charge in [0.2, 0.25) is 5.91 Å². The van der Waals surface area contributed by atoms with Gasteiger partial charge in [-0.05, 0) is 52.8 Å². The fourth-order valence-corrected chi connectivity index (χ4v) is 6.96. The third-order valence-corrected chi connectivity index (χ3v) is 9.62. The molecule has 2 aliphatic heterocycles. The molecule has 0 radical (unpaired) electrons. The molecule has 2 aliphatic rings. The molecule has 0 saturated carbocycles. The topological polar surface area (TPSA) is 108 Å². The zero-order chi connectivity index (χ0) is 33.6. The van der Waals surface area contributed by atoms with Crippen LogP contribution in [0.4, 0.5) is 13.2 Å². The van der Waals surface area contributed by atoms with Crippen molar-refractivity contribution < 1.29 is 42.4 Å². The first-order valence-corrected chi connectivity index (χ1v) is 16.8. The van der Waals surface area contributed by atoms with Crippen molar-refractivity contribution in [2.24, 2.45) is 5.92 Å². The number of ether oxygens (including phenoxy) is 2. The first kappa shape index (κ1) is 34.9. The van der Waals surface area contributed by atoms with Crippen molar-refractivity contribution in [3.05, 3.63) is 95.1 Å². The average Bonchev–Trinajstić information content (AvgIpc) is 3.57. The average molecular weight is 673 g/mol. The van der Waals surface area contributed by atoms with E-state index in [4.69, 9.17) is 9.47 Å². The van der Waals surface area contributed by atoms with E-state index in [2.05, 4.69) is 12.2 Å². The van der Waals surface area contributed by atoms with E-state index in [9.17, 15) is 33.0 Å². The van der Waals surface area contributed by atoms with Crippen LogP contribution >= 0.6 is 11.8 Å². The molecule has 3 aromatic carbocycles. The normalized spacial score (nSPS) is 23.1. The molecule has 2 saturated heterocycles. The monoisotopic (exact) mass is 672 g/mol. The Morgan fingerprint density at radius 3 is 2.38 bits per heavy atom. The lowest BCUT2D eigenvalue weighted by Crippen LogP contribution is -2.50. The third kappa shape index (κ3) is 8.55. The number of hydrogen-bond donors (Lipinski definition) is 3. The van der Waals surface area contributed by atoms with Crippen molar-refractivity contribution in [1.29, 1.82) is 0 Å². The zero-order valence-electron chi connectivity index (χ0n) is 26.0. The number of hydrogen-bond acceptors (Lipinski definition) is 7. The van der Waals surface area contributed by atoms with E-state index in [1.807, 2.05) is 72.8 Å². The maximum absolute atomic E-state index is 13.0. The molecule has 5 atom stereocenters. The van der Waals surface area contributed by atoms with Crippen LogP contribution in [0.25, 0.3) is 11.1 Å². The number of amides is 2. The maximum atomic E-state index is 13.0. The number of carbonyl (C=O) groups is 2. The Labute approximate surface area is 276 Å². The van der Waals surface area contributed by atoms with E-state index in [0.717, 1.165) is 33.4 Å². The minimum Gasteiger partial charge on any atom is -0.396 e. The van der Waals surface area contributed by atoms with Crippen LogP contribution < -0.4 is 5.32 Å². The molecule has 2 heterocycles. The Morgan fingerprint density at radius 1 is 0.957 bits per heavy atom. The molecule has 0 bridgehead atoms. The number of alkyl halides is 3. The summed E-state index contributed by atoms with van der Waals surface area (Å²) in [6.45, 7) is 2.11. The van der Waals surface area contributed by atoms with Crippen molar-refractivity contribution >= 4 is 23.6 Å². The molecular formula is C35H39F3N2O6S. The summed E-state index contributed by atoms with van der Waals surface area (Å²) in [5, 5.41) is 21.5. The second-order valence-corrected chi connectivity index (χ2v) is 13.0. The lowest BCUT2D eigenvalue weighted by Gasteiger charge is -2.41. The maximum Gasteiger partial charge on any atom is 0.471 e. The van der Waals surface area contributed by atoms with Gasteiger partial charge in [0, 0.05) is 36.1 Å². The highest BCUT2D eigenvalue weighted by Gasteiger charge is 2.47. The largest absolute Gasteiger partial charge is 0.471 e. The van der Waals surface area contributed by atoms with Gasteiger partial charge in [0.15, 0.2) is 6.29 Å². The molecule has 2 amide bonds. The first-order valence-electron chi connectivity index (χ1n) is 15.6. The molecular weight excluding hydrogens is 633 g/mol. The SMILES string of the molecule is C[C@@H]1[C@H](CSCCO)O[C@H](c2cccc(-c3cccc(CNC(=O)[C@@H]4CCCN4C(=O)C(F)(F)F)c3)c2)O[C@@H]1c1ccc(CO)cc1. The molecule has 2 fully saturated rings. The Morgan fingerprint density at radius 2 is 1.68 bits per heavy atom. The quantitative estimate of drug-likeness (QED) is 0.230. The Balaban J connectivity index is 1.31.